The maximum atomic E-state index is 5.47. The largest absolute Gasteiger partial charge is 0.308 e. The first kappa shape index (κ1) is 39.5. The zero-order chi connectivity index (χ0) is 45.0. The molecule has 4 aromatic heterocycles. The molecule has 0 radical (unpaired) electrons. The normalized spacial score (nSPS) is 11.5. The van der Waals surface area contributed by atoms with Crippen LogP contribution in [0.4, 0.5) is 0 Å². The van der Waals surface area contributed by atoms with Gasteiger partial charge in [-0.3, -0.25) is 4.98 Å². The molecule has 0 spiro atoms. The molecule has 9 aromatic carbocycles. The average molecular weight is 886 g/mol. The van der Waals surface area contributed by atoms with Crippen molar-refractivity contribution in [1.82, 2.24) is 24.5 Å². The summed E-state index contributed by atoms with van der Waals surface area (Å²) in [7, 11) is 0. The molecule has 4 heterocycles. The zero-order valence-corrected chi connectivity index (χ0v) is 37.5. The quantitative estimate of drug-likeness (QED) is 0.153. The van der Waals surface area contributed by atoms with Crippen molar-refractivity contribution in [2.45, 2.75) is 0 Å². The van der Waals surface area contributed by atoms with Crippen LogP contribution in [0.5, 0.6) is 0 Å². The van der Waals surface area contributed by atoms with Crippen molar-refractivity contribution in [2.75, 3.05) is 0 Å². The van der Waals surface area contributed by atoms with Crippen molar-refractivity contribution in [1.29, 1.82) is 0 Å². The molecule has 5 nitrogen and oxygen atoms in total. The molecule has 6 heteroatoms. The maximum Gasteiger partial charge on any atom is 0.166 e. The number of nitrogens with zero attached hydrogens (tertiary/aromatic N) is 5. The molecule has 0 saturated carbocycles. The first-order valence-corrected chi connectivity index (χ1v) is 23.6. The van der Waals surface area contributed by atoms with Gasteiger partial charge in [0, 0.05) is 65.9 Å². The third kappa shape index (κ3) is 6.77. The van der Waals surface area contributed by atoms with E-state index in [4.69, 9.17) is 19.9 Å². The predicted molar refractivity (Wildman–Crippen MR) is 283 cm³/mol. The second-order valence-corrected chi connectivity index (χ2v) is 18.0. The molecule has 318 valence electrons. The van der Waals surface area contributed by atoms with Gasteiger partial charge >= 0.3 is 0 Å². The highest BCUT2D eigenvalue weighted by atomic mass is 32.1. The Hall–Kier alpha value is -8.84. The van der Waals surface area contributed by atoms with E-state index < -0.39 is 0 Å². The van der Waals surface area contributed by atoms with Gasteiger partial charge in [0.1, 0.15) is 0 Å². The lowest BCUT2D eigenvalue weighted by molar-refractivity contribution is 1.07. The van der Waals surface area contributed by atoms with Crippen molar-refractivity contribution in [3.05, 3.63) is 237 Å². The maximum absolute atomic E-state index is 5.47. The lowest BCUT2D eigenvalue weighted by Crippen LogP contribution is -2.02. The van der Waals surface area contributed by atoms with Crippen LogP contribution in [0.3, 0.4) is 0 Å². The highest BCUT2D eigenvalue weighted by Gasteiger charge is 2.23. The van der Waals surface area contributed by atoms with Gasteiger partial charge in [0.25, 0.3) is 0 Å². The van der Waals surface area contributed by atoms with Crippen LogP contribution in [0.2, 0.25) is 0 Å². The van der Waals surface area contributed by atoms with Crippen LogP contribution in [0.25, 0.3) is 126 Å². The fourth-order valence-electron chi connectivity index (χ4n) is 9.79. The SMILES string of the molecule is c1ccc(-c2nc(-c3ccccc3)nc(-c3cc(-c4c(-c5ccccc5)cccc4-c4ccccc4)cnc3-c3ccc4c(c3)sc3c4ccc4c5ccccc5n(-c5ccccc5)c43)n2)cc1. The molecule has 0 bridgehead atoms. The van der Waals surface area contributed by atoms with Gasteiger partial charge in [-0.25, -0.2) is 15.0 Å². The second-order valence-electron chi connectivity index (χ2n) is 17.0. The summed E-state index contributed by atoms with van der Waals surface area (Å²) < 4.78 is 4.86. The Morgan fingerprint density at radius 1 is 0.353 bits per heavy atom. The summed E-state index contributed by atoms with van der Waals surface area (Å²) in [5.41, 5.74) is 14.5. The third-order valence-electron chi connectivity index (χ3n) is 12.9. The first-order valence-electron chi connectivity index (χ1n) is 22.8. The van der Waals surface area contributed by atoms with Gasteiger partial charge in [0.15, 0.2) is 17.5 Å². The summed E-state index contributed by atoms with van der Waals surface area (Å²) in [6.45, 7) is 0. The van der Waals surface area contributed by atoms with Crippen molar-refractivity contribution in [2.24, 2.45) is 0 Å². The van der Waals surface area contributed by atoms with Gasteiger partial charge in [0.2, 0.25) is 0 Å². The van der Waals surface area contributed by atoms with Crippen LogP contribution in [0, 0.1) is 0 Å². The number of thiophene rings is 1. The third-order valence-corrected chi connectivity index (χ3v) is 14.1. The molecular weight excluding hydrogens is 847 g/mol. The van der Waals surface area contributed by atoms with Crippen LogP contribution in [0.1, 0.15) is 0 Å². The number of benzene rings is 9. The molecule has 0 aliphatic rings. The van der Waals surface area contributed by atoms with E-state index >= 15 is 0 Å². The Labute approximate surface area is 397 Å². The van der Waals surface area contributed by atoms with E-state index in [0.29, 0.717) is 17.5 Å². The molecule has 0 amide bonds. The molecule has 0 fully saturated rings. The molecule has 0 N–H and O–H groups in total. The van der Waals surface area contributed by atoms with E-state index in [9.17, 15) is 0 Å². The fourth-order valence-corrected chi connectivity index (χ4v) is 11.1. The molecular formula is C62H39N5S. The second kappa shape index (κ2) is 16.5. The van der Waals surface area contributed by atoms with Crippen LogP contribution < -0.4 is 0 Å². The first-order chi connectivity index (χ1) is 33.7. The minimum Gasteiger partial charge on any atom is -0.308 e. The molecule has 13 rings (SSSR count). The minimum absolute atomic E-state index is 0.547. The molecule has 68 heavy (non-hydrogen) atoms. The van der Waals surface area contributed by atoms with Crippen molar-refractivity contribution < 1.29 is 0 Å². The van der Waals surface area contributed by atoms with Crippen molar-refractivity contribution in [3.8, 4) is 84.5 Å². The molecule has 0 aliphatic heterocycles. The number of pyridine rings is 1. The van der Waals surface area contributed by atoms with Gasteiger partial charge in [-0.1, -0.05) is 200 Å². The molecule has 13 aromatic rings. The van der Waals surface area contributed by atoms with Gasteiger partial charge < -0.3 is 4.57 Å². The summed E-state index contributed by atoms with van der Waals surface area (Å²) in [6.07, 6.45) is 2.03. The summed E-state index contributed by atoms with van der Waals surface area (Å²) in [6, 6.07) is 81.1. The van der Waals surface area contributed by atoms with E-state index in [-0.39, 0.29) is 0 Å². The van der Waals surface area contributed by atoms with Crippen LogP contribution in [-0.2, 0) is 0 Å². The summed E-state index contributed by atoms with van der Waals surface area (Å²) in [5.74, 6) is 1.74. The van der Waals surface area contributed by atoms with Crippen LogP contribution in [-0.4, -0.2) is 24.5 Å². The number of rotatable bonds is 8. The number of hydrogen-bond acceptors (Lipinski definition) is 5. The molecule has 0 aliphatic carbocycles. The van der Waals surface area contributed by atoms with Crippen LogP contribution >= 0.6 is 11.3 Å². The van der Waals surface area contributed by atoms with Crippen LogP contribution in [0.15, 0.2) is 237 Å². The molecule has 0 unspecified atom stereocenters. The van der Waals surface area contributed by atoms with E-state index in [1.165, 1.54) is 42.0 Å². The molecule has 0 atom stereocenters. The zero-order valence-electron chi connectivity index (χ0n) is 36.7. The van der Waals surface area contributed by atoms with Gasteiger partial charge in [-0.2, -0.15) is 0 Å². The van der Waals surface area contributed by atoms with E-state index in [2.05, 4.69) is 199 Å². The lowest BCUT2D eigenvalue weighted by Gasteiger charge is -2.18. The smallest absolute Gasteiger partial charge is 0.166 e. The number of para-hydroxylation sites is 2. The Bertz CT molecular complexity index is 3880. The number of aromatic nitrogens is 5. The average Bonchev–Trinajstić information content (AvgIpc) is 3.97. The summed E-state index contributed by atoms with van der Waals surface area (Å²) >= 11 is 1.83. The topological polar surface area (TPSA) is 56.5 Å². The summed E-state index contributed by atoms with van der Waals surface area (Å²) in [4.78, 5) is 21.2. The van der Waals surface area contributed by atoms with E-state index in [1.807, 2.05) is 53.9 Å². The van der Waals surface area contributed by atoms with Gasteiger partial charge in [-0.15, -0.1) is 11.3 Å². The van der Waals surface area contributed by atoms with E-state index in [0.717, 1.165) is 67.0 Å². The van der Waals surface area contributed by atoms with Crippen molar-refractivity contribution in [3.63, 3.8) is 0 Å². The van der Waals surface area contributed by atoms with Gasteiger partial charge in [0.05, 0.1) is 21.4 Å². The highest BCUT2D eigenvalue weighted by molar-refractivity contribution is 7.26. The number of hydrogen-bond donors (Lipinski definition) is 0. The molecule has 0 saturated heterocycles. The lowest BCUT2D eigenvalue weighted by atomic mass is 9.87. The summed E-state index contributed by atoms with van der Waals surface area (Å²) in [5, 5.41) is 4.93. The Morgan fingerprint density at radius 3 is 1.51 bits per heavy atom. The van der Waals surface area contributed by atoms with Crippen molar-refractivity contribution >= 4 is 53.3 Å². The number of fused-ring (bicyclic) bond motifs is 7. The van der Waals surface area contributed by atoms with Gasteiger partial charge in [-0.05, 0) is 58.1 Å². The predicted octanol–water partition coefficient (Wildman–Crippen LogP) is 16.4. The Kier molecular flexibility index (Phi) is 9.62. The highest BCUT2D eigenvalue weighted by Crippen LogP contribution is 2.46. The van der Waals surface area contributed by atoms with E-state index in [1.54, 1.807) is 0 Å². The Morgan fingerprint density at radius 2 is 0.882 bits per heavy atom. The minimum atomic E-state index is 0.547. The standard InChI is InChI=1S/C62H39N5S/c1-6-19-40(20-7-1)47-30-18-31-48(41-21-8-2-9-22-41)56(47)45-37-53(62-65-60(42-23-10-3-11-24-42)64-61(66-62)43-25-12-4-13-26-43)57(63-39-45)44-33-34-50-52-36-35-51-49-29-16-17-32-54(49)67(46-27-14-5-15-28-46)58(51)59(52)68-55(50)38-44/h1-39H. The Balaban J connectivity index is 1.07. The fraction of sp³-hybridized carbons (Fsp3) is 0. The monoisotopic (exact) mass is 885 g/mol.